The second kappa shape index (κ2) is 8.75. The molecule has 4 rings (SSSR count). The van der Waals surface area contributed by atoms with E-state index in [0.717, 1.165) is 12.8 Å². The van der Waals surface area contributed by atoms with Crippen molar-refractivity contribution in [2.45, 2.75) is 17.9 Å². The molecule has 0 radical (unpaired) electrons. The van der Waals surface area contributed by atoms with Crippen molar-refractivity contribution in [1.82, 2.24) is 15.0 Å². The summed E-state index contributed by atoms with van der Waals surface area (Å²) < 4.78 is 33.2. The Morgan fingerprint density at radius 2 is 1.83 bits per heavy atom. The summed E-state index contributed by atoms with van der Waals surface area (Å²) in [5.41, 5.74) is 7.72. The molecule has 1 aromatic carbocycles. The fraction of sp³-hybridized carbons (Fsp3) is 0.286. The molecule has 3 aromatic rings. The van der Waals surface area contributed by atoms with Crippen LogP contribution < -0.4 is 5.73 Å². The Kier molecular flexibility index (Phi) is 5.92. The van der Waals surface area contributed by atoms with Gasteiger partial charge in [0.05, 0.1) is 10.8 Å². The van der Waals surface area contributed by atoms with Gasteiger partial charge in [0.2, 0.25) is 5.95 Å². The number of rotatable bonds is 5. The number of benzene rings is 1. The van der Waals surface area contributed by atoms with Crippen LogP contribution in [-0.4, -0.2) is 38.1 Å². The van der Waals surface area contributed by atoms with E-state index in [9.17, 15) is 8.60 Å². The number of hydrogen-bond donors (Lipinski definition) is 1. The van der Waals surface area contributed by atoms with Gasteiger partial charge in [-0.2, -0.15) is 0 Å². The quantitative estimate of drug-likeness (QED) is 0.690. The third-order valence-corrected chi connectivity index (χ3v) is 6.51. The number of hydrogen-bond acceptors (Lipinski definition) is 6. The molecule has 1 aliphatic heterocycles. The van der Waals surface area contributed by atoms with Crippen molar-refractivity contribution in [1.29, 1.82) is 0 Å². The summed E-state index contributed by atoms with van der Waals surface area (Å²) in [6.45, 7) is 1.41. The SMILES string of the molecule is Nc1ncc(-c2ccc(-c3cccnc3S(=O)CC3CCOCC3)cc2F)cn1. The van der Waals surface area contributed by atoms with Gasteiger partial charge in [-0.1, -0.05) is 18.2 Å². The molecule has 8 heteroatoms. The van der Waals surface area contributed by atoms with E-state index in [1.54, 1.807) is 24.4 Å². The van der Waals surface area contributed by atoms with E-state index < -0.39 is 16.6 Å². The average molecular weight is 412 g/mol. The van der Waals surface area contributed by atoms with E-state index >= 15 is 0 Å². The molecule has 3 heterocycles. The molecule has 2 aromatic heterocycles. The lowest BCUT2D eigenvalue weighted by molar-refractivity contribution is 0.0725. The van der Waals surface area contributed by atoms with E-state index in [1.807, 2.05) is 6.07 Å². The molecule has 150 valence electrons. The number of halogens is 1. The van der Waals surface area contributed by atoms with Crippen molar-refractivity contribution < 1.29 is 13.3 Å². The minimum Gasteiger partial charge on any atom is -0.381 e. The third-order valence-electron chi connectivity index (χ3n) is 4.98. The number of nitrogen functional groups attached to an aromatic ring is 1. The zero-order valence-corrected chi connectivity index (χ0v) is 16.6. The van der Waals surface area contributed by atoms with Crippen LogP contribution in [0.15, 0.2) is 53.9 Å². The second-order valence-electron chi connectivity index (χ2n) is 6.95. The van der Waals surface area contributed by atoms with Gasteiger partial charge in [-0.25, -0.2) is 19.3 Å². The maximum Gasteiger partial charge on any atom is 0.219 e. The highest BCUT2D eigenvalue weighted by atomic mass is 32.2. The van der Waals surface area contributed by atoms with Crippen LogP contribution in [0.25, 0.3) is 22.3 Å². The lowest BCUT2D eigenvalue weighted by atomic mass is 10.0. The van der Waals surface area contributed by atoms with Crippen LogP contribution in [0, 0.1) is 11.7 Å². The molecule has 29 heavy (non-hydrogen) atoms. The van der Waals surface area contributed by atoms with Crippen LogP contribution in [-0.2, 0) is 15.5 Å². The molecule has 1 atom stereocenters. The van der Waals surface area contributed by atoms with Gasteiger partial charge in [0, 0.05) is 54.2 Å². The van der Waals surface area contributed by atoms with Crippen molar-refractivity contribution in [3.05, 3.63) is 54.7 Å². The Morgan fingerprint density at radius 1 is 1.07 bits per heavy atom. The molecule has 1 fully saturated rings. The van der Waals surface area contributed by atoms with Gasteiger partial charge in [0.15, 0.2) is 0 Å². The Balaban J connectivity index is 1.62. The predicted octanol–water partition coefficient (Wildman–Crippen LogP) is 3.46. The van der Waals surface area contributed by atoms with Crippen LogP contribution in [0.2, 0.25) is 0 Å². The molecule has 1 saturated heterocycles. The summed E-state index contributed by atoms with van der Waals surface area (Å²) in [5.74, 6) is 0.610. The van der Waals surface area contributed by atoms with E-state index in [4.69, 9.17) is 10.5 Å². The minimum absolute atomic E-state index is 0.137. The van der Waals surface area contributed by atoms with Crippen molar-refractivity contribution >= 4 is 16.7 Å². The van der Waals surface area contributed by atoms with Gasteiger partial charge in [-0.05, 0) is 36.5 Å². The van der Waals surface area contributed by atoms with E-state index in [2.05, 4.69) is 15.0 Å². The van der Waals surface area contributed by atoms with Crippen molar-refractivity contribution in [3.8, 4) is 22.3 Å². The van der Waals surface area contributed by atoms with Crippen molar-refractivity contribution in [2.24, 2.45) is 5.92 Å². The topological polar surface area (TPSA) is 91.0 Å². The predicted molar refractivity (Wildman–Crippen MR) is 110 cm³/mol. The maximum atomic E-state index is 14.8. The third kappa shape index (κ3) is 4.49. The second-order valence-corrected chi connectivity index (χ2v) is 8.36. The average Bonchev–Trinajstić information content (AvgIpc) is 2.75. The lowest BCUT2D eigenvalue weighted by Gasteiger charge is -2.21. The van der Waals surface area contributed by atoms with Crippen LogP contribution in [0.4, 0.5) is 10.3 Å². The molecule has 1 aliphatic rings. The Labute approximate surface area is 170 Å². The van der Waals surface area contributed by atoms with Crippen LogP contribution in [0.5, 0.6) is 0 Å². The first-order valence-electron chi connectivity index (χ1n) is 9.41. The highest BCUT2D eigenvalue weighted by molar-refractivity contribution is 7.85. The first kappa shape index (κ1) is 19.6. The summed E-state index contributed by atoms with van der Waals surface area (Å²) >= 11 is 0. The highest BCUT2D eigenvalue weighted by Gasteiger charge is 2.21. The lowest BCUT2D eigenvalue weighted by Crippen LogP contribution is -2.21. The first-order valence-corrected chi connectivity index (χ1v) is 10.7. The Morgan fingerprint density at radius 3 is 2.55 bits per heavy atom. The first-order chi connectivity index (χ1) is 14.1. The molecule has 1 unspecified atom stereocenters. The van der Waals surface area contributed by atoms with Crippen LogP contribution >= 0.6 is 0 Å². The monoisotopic (exact) mass is 412 g/mol. The summed E-state index contributed by atoms with van der Waals surface area (Å²) in [6, 6.07) is 8.48. The fourth-order valence-electron chi connectivity index (χ4n) is 3.39. The standard InChI is InChI=1S/C21H21FN4O2S/c22-19-10-15(3-4-17(19)16-11-25-21(23)26-12-16)18-2-1-7-24-20(18)29(27)13-14-5-8-28-9-6-14/h1-4,7,10-12,14H,5-6,8-9,13H2,(H2,23,25,26). The van der Waals surface area contributed by atoms with Gasteiger partial charge in [-0.15, -0.1) is 0 Å². The largest absolute Gasteiger partial charge is 0.381 e. The number of aromatic nitrogens is 3. The number of ether oxygens (including phenoxy) is 1. The van der Waals surface area contributed by atoms with E-state index in [-0.39, 0.29) is 5.95 Å². The van der Waals surface area contributed by atoms with Gasteiger partial charge in [-0.3, -0.25) is 4.21 Å². The minimum atomic E-state index is -1.27. The molecule has 0 aliphatic carbocycles. The molecule has 0 bridgehead atoms. The smallest absolute Gasteiger partial charge is 0.219 e. The van der Waals surface area contributed by atoms with Crippen LogP contribution in [0.3, 0.4) is 0 Å². The number of pyridine rings is 1. The molecule has 6 nitrogen and oxygen atoms in total. The Bertz CT molecular complexity index is 1020. The van der Waals surface area contributed by atoms with Crippen molar-refractivity contribution in [2.75, 3.05) is 24.7 Å². The number of anilines is 1. The normalized spacial score (nSPS) is 15.9. The van der Waals surface area contributed by atoms with Crippen LogP contribution in [0.1, 0.15) is 12.8 Å². The van der Waals surface area contributed by atoms with Gasteiger partial charge in [0.25, 0.3) is 0 Å². The van der Waals surface area contributed by atoms with E-state index in [1.165, 1.54) is 18.5 Å². The molecule has 2 N–H and O–H groups in total. The molecule has 0 saturated carbocycles. The molecule has 0 spiro atoms. The zero-order valence-electron chi connectivity index (χ0n) is 15.8. The molecular weight excluding hydrogens is 391 g/mol. The Hall–Kier alpha value is -2.71. The van der Waals surface area contributed by atoms with Crippen molar-refractivity contribution in [3.63, 3.8) is 0 Å². The van der Waals surface area contributed by atoms with Gasteiger partial charge >= 0.3 is 0 Å². The summed E-state index contributed by atoms with van der Waals surface area (Å²) in [4.78, 5) is 12.2. The number of nitrogens with two attached hydrogens (primary N) is 1. The highest BCUT2D eigenvalue weighted by Crippen LogP contribution is 2.31. The van der Waals surface area contributed by atoms with Gasteiger partial charge in [0.1, 0.15) is 10.8 Å². The fourth-order valence-corrected chi connectivity index (χ4v) is 4.92. The maximum absolute atomic E-state index is 14.8. The van der Waals surface area contributed by atoms with Gasteiger partial charge < -0.3 is 10.5 Å². The molecule has 0 amide bonds. The summed E-state index contributed by atoms with van der Waals surface area (Å²) in [5, 5.41) is 0.488. The number of nitrogens with zero attached hydrogens (tertiary/aromatic N) is 3. The molecular formula is C21H21FN4O2S. The zero-order chi connectivity index (χ0) is 20.2. The summed E-state index contributed by atoms with van der Waals surface area (Å²) in [7, 11) is -1.27. The van der Waals surface area contributed by atoms with E-state index in [0.29, 0.717) is 52.2 Å². The summed E-state index contributed by atoms with van der Waals surface area (Å²) in [6.07, 6.45) is 6.40.